The van der Waals surface area contributed by atoms with Gasteiger partial charge in [-0.15, -0.1) is 28.7 Å². The van der Waals surface area contributed by atoms with Crippen LogP contribution in [0, 0.1) is 0 Å². The van der Waals surface area contributed by atoms with Crippen molar-refractivity contribution in [2.45, 2.75) is 97.4 Å². The first-order valence-corrected chi connectivity index (χ1v) is 15.8. The van der Waals surface area contributed by atoms with Crippen molar-refractivity contribution in [2.75, 3.05) is 24.9 Å². The fourth-order valence-electron chi connectivity index (χ4n) is 4.79. The van der Waals surface area contributed by atoms with Gasteiger partial charge in [-0.1, -0.05) is 89.7 Å². The van der Waals surface area contributed by atoms with Gasteiger partial charge in [0.25, 0.3) is 5.91 Å². The number of hydrogen-bond donors (Lipinski definition) is 1. The molecular weight excluding hydrogens is 584 g/mol. The molecule has 3 rings (SSSR count). The molecule has 0 spiro atoms. The van der Waals surface area contributed by atoms with Gasteiger partial charge in [-0.25, -0.2) is 0 Å². The monoisotopic (exact) mass is 632 g/mol. The third kappa shape index (κ3) is 12.6. The van der Waals surface area contributed by atoms with Crippen molar-refractivity contribution >= 4 is 40.3 Å². The molecule has 222 valence electrons. The van der Waals surface area contributed by atoms with Gasteiger partial charge in [-0.05, 0) is 54.1 Å². The van der Waals surface area contributed by atoms with Gasteiger partial charge in [0, 0.05) is 24.0 Å². The number of hydrogen-bond acceptors (Lipinski definition) is 5. The maximum absolute atomic E-state index is 12.9. The van der Waals surface area contributed by atoms with Gasteiger partial charge in [0.05, 0.1) is 19.6 Å². The van der Waals surface area contributed by atoms with E-state index in [1.54, 1.807) is 25.3 Å². The van der Waals surface area contributed by atoms with Crippen LogP contribution in [0.1, 0.15) is 107 Å². The van der Waals surface area contributed by atoms with Gasteiger partial charge in [0.2, 0.25) is 0 Å². The van der Waals surface area contributed by atoms with Crippen molar-refractivity contribution in [1.82, 2.24) is 4.90 Å². The molecule has 1 heterocycles. The van der Waals surface area contributed by atoms with Crippen LogP contribution < -0.4 is 14.8 Å². The second-order valence-electron chi connectivity index (χ2n) is 10.5. The standard InChI is InChI=1S/C33H48N2O3S.BrH/c1-4-5-6-7-8-9-10-11-12-13-14-15-22-38-32-23-29(18-21-31(32)37-3)33(36)34-30-19-16-28(17-20-30)25-35-24-27(2)39-26-35;/h16-21,23-24H,4-15,22,25-26H2,1-3H3,(H,34,36);1H. The Labute approximate surface area is 257 Å². The van der Waals surface area contributed by atoms with Crippen LogP contribution in [0.15, 0.2) is 53.6 Å². The number of nitrogens with one attached hydrogen (secondary N) is 1. The van der Waals surface area contributed by atoms with Crippen LogP contribution in [-0.2, 0) is 6.54 Å². The summed E-state index contributed by atoms with van der Waals surface area (Å²) in [4.78, 5) is 16.6. The molecule has 1 N–H and O–H groups in total. The Morgan fingerprint density at radius 2 is 1.50 bits per heavy atom. The van der Waals surface area contributed by atoms with Gasteiger partial charge in [0.15, 0.2) is 11.5 Å². The van der Waals surface area contributed by atoms with Crippen LogP contribution in [0.4, 0.5) is 5.69 Å². The van der Waals surface area contributed by atoms with Crippen molar-refractivity contribution < 1.29 is 14.3 Å². The molecule has 5 nitrogen and oxygen atoms in total. The van der Waals surface area contributed by atoms with Crippen molar-refractivity contribution in [2.24, 2.45) is 0 Å². The number of benzene rings is 2. The van der Waals surface area contributed by atoms with Gasteiger partial charge in [-0.2, -0.15) is 0 Å². The van der Waals surface area contributed by atoms with Crippen LogP contribution in [0.3, 0.4) is 0 Å². The van der Waals surface area contributed by atoms with Gasteiger partial charge < -0.3 is 19.7 Å². The highest BCUT2D eigenvalue weighted by Gasteiger charge is 2.13. The number of rotatable bonds is 19. The summed E-state index contributed by atoms with van der Waals surface area (Å²) in [5.41, 5.74) is 2.55. The molecule has 1 aliphatic rings. The molecule has 2 aromatic carbocycles. The first kappa shape index (κ1) is 34.1. The number of anilines is 1. The molecule has 0 radical (unpaired) electrons. The molecule has 1 aliphatic heterocycles. The number of nitrogens with zero attached hydrogens (tertiary/aromatic N) is 1. The quantitative estimate of drug-likeness (QED) is 0.156. The highest BCUT2D eigenvalue weighted by molar-refractivity contribution is 8.93. The Morgan fingerprint density at radius 3 is 2.08 bits per heavy atom. The summed E-state index contributed by atoms with van der Waals surface area (Å²) in [5, 5.41) is 3.00. The predicted molar refractivity (Wildman–Crippen MR) is 176 cm³/mol. The van der Waals surface area contributed by atoms with Crippen LogP contribution in [0.2, 0.25) is 0 Å². The summed E-state index contributed by atoms with van der Waals surface area (Å²) in [6, 6.07) is 13.4. The Hall–Kier alpha value is -2.12. The highest BCUT2D eigenvalue weighted by Crippen LogP contribution is 2.29. The van der Waals surface area contributed by atoms with E-state index in [0.29, 0.717) is 23.7 Å². The lowest BCUT2D eigenvalue weighted by Crippen LogP contribution is -2.14. The zero-order valence-electron chi connectivity index (χ0n) is 24.7. The lowest BCUT2D eigenvalue weighted by Gasteiger charge is -2.15. The van der Waals surface area contributed by atoms with Crippen LogP contribution in [-0.4, -0.2) is 30.4 Å². The van der Waals surface area contributed by atoms with Gasteiger partial charge >= 0.3 is 0 Å². The first-order chi connectivity index (χ1) is 19.1. The molecular formula is C33H49BrN2O3S. The summed E-state index contributed by atoms with van der Waals surface area (Å²) >= 11 is 1.86. The smallest absolute Gasteiger partial charge is 0.255 e. The highest BCUT2D eigenvalue weighted by atomic mass is 79.9. The van der Waals surface area contributed by atoms with Gasteiger partial charge in [0.1, 0.15) is 0 Å². The van der Waals surface area contributed by atoms with E-state index in [9.17, 15) is 4.79 Å². The SMILES string of the molecule is Br.CCCCCCCCCCCCCCOc1cc(C(=O)Nc2ccc(CN3C=C(C)SC3)cc2)ccc1OC. The fraction of sp³-hybridized carbons (Fsp3) is 0.545. The van der Waals surface area contributed by atoms with E-state index in [-0.39, 0.29) is 22.9 Å². The van der Waals surface area contributed by atoms with Crippen molar-refractivity contribution in [3.05, 3.63) is 64.7 Å². The second-order valence-corrected chi connectivity index (χ2v) is 11.7. The number of carbonyl (C=O) groups is 1. The molecule has 0 aliphatic carbocycles. The number of unbranched alkanes of at least 4 members (excludes halogenated alkanes) is 11. The number of carbonyl (C=O) groups excluding carboxylic acids is 1. The zero-order valence-corrected chi connectivity index (χ0v) is 27.2. The molecule has 7 heteroatoms. The molecule has 0 saturated heterocycles. The third-order valence-electron chi connectivity index (χ3n) is 7.10. The lowest BCUT2D eigenvalue weighted by molar-refractivity contribution is 0.102. The molecule has 1 amide bonds. The number of allylic oxidation sites excluding steroid dienone is 1. The largest absolute Gasteiger partial charge is 0.493 e. The molecule has 0 saturated carbocycles. The van der Waals surface area contributed by atoms with E-state index in [1.807, 2.05) is 23.9 Å². The summed E-state index contributed by atoms with van der Waals surface area (Å²) in [7, 11) is 1.63. The summed E-state index contributed by atoms with van der Waals surface area (Å²) in [5.74, 6) is 2.11. The number of amides is 1. The topological polar surface area (TPSA) is 50.8 Å². The number of ether oxygens (including phenoxy) is 2. The normalized spacial score (nSPS) is 12.6. The van der Waals surface area contributed by atoms with Crippen molar-refractivity contribution in [1.29, 1.82) is 0 Å². The van der Waals surface area contributed by atoms with E-state index < -0.39 is 0 Å². The third-order valence-corrected chi connectivity index (χ3v) is 8.12. The van der Waals surface area contributed by atoms with E-state index in [0.717, 1.165) is 24.5 Å². The van der Waals surface area contributed by atoms with Crippen molar-refractivity contribution in [3.8, 4) is 11.5 Å². The summed E-state index contributed by atoms with van der Waals surface area (Å²) < 4.78 is 11.5. The Kier molecular flexibility index (Phi) is 16.9. The lowest BCUT2D eigenvalue weighted by atomic mass is 10.1. The molecule has 0 fully saturated rings. The van der Waals surface area contributed by atoms with Crippen molar-refractivity contribution in [3.63, 3.8) is 0 Å². The Balaban J connectivity index is 0.00000560. The Bertz CT molecular complexity index is 1030. The minimum atomic E-state index is -0.157. The fourth-order valence-corrected chi connectivity index (χ4v) is 5.55. The molecule has 0 unspecified atom stereocenters. The van der Waals surface area contributed by atoms with E-state index >= 15 is 0 Å². The summed E-state index contributed by atoms with van der Waals surface area (Å²) in [6.07, 6.45) is 17.9. The maximum Gasteiger partial charge on any atom is 0.255 e. The van der Waals surface area contributed by atoms with E-state index in [2.05, 4.69) is 42.4 Å². The second kappa shape index (κ2) is 19.9. The molecule has 0 atom stereocenters. The number of halogens is 1. The predicted octanol–water partition coefficient (Wildman–Crippen LogP) is 9.97. The van der Waals surface area contributed by atoms with Crippen LogP contribution in [0.5, 0.6) is 11.5 Å². The number of methoxy groups -OCH3 is 1. The summed E-state index contributed by atoms with van der Waals surface area (Å²) in [6.45, 7) is 5.91. The molecule has 0 bridgehead atoms. The van der Waals surface area contributed by atoms with E-state index in [1.165, 1.54) is 81.1 Å². The minimum absolute atomic E-state index is 0. The average molecular weight is 634 g/mol. The zero-order chi connectivity index (χ0) is 27.7. The van der Waals surface area contributed by atoms with E-state index in [4.69, 9.17) is 9.47 Å². The molecule has 2 aromatic rings. The molecule has 0 aromatic heterocycles. The van der Waals surface area contributed by atoms with Gasteiger partial charge in [-0.3, -0.25) is 4.79 Å². The average Bonchev–Trinajstić information content (AvgIpc) is 3.36. The Morgan fingerprint density at radius 1 is 0.875 bits per heavy atom. The first-order valence-electron chi connectivity index (χ1n) is 14.9. The molecule has 40 heavy (non-hydrogen) atoms. The minimum Gasteiger partial charge on any atom is -0.493 e. The van der Waals surface area contributed by atoms with Crippen LogP contribution in [0.25, 0.3) is 0 Å². The number of thioether (sulfide) groups is 1. The maximum atomic E-state index is 12.9. The van der Waals surface area contributed by atoms with Crippen LogP contribution >= 0.6 is 28.7 Å².